The Kier molecular flexibility index (Phi) is 9.73. The van der Waals surface area contributed by atoms with Gasteiger partial charge in [-0.15, -0.1) is 0 Å². The summed E-state index contributed by atoms with van der Waals surface area (Å²) in [6.45, 7) is 2.06. The van der Waals surface area contributed by atoms with Crippen molar-refractivity contribution in [2.45, 2.75) is 44.1 Å². The van der Waals surface area contributed by atoms with Crippen molar-refractivity contribution in [2.24, 2.45) is 0 Å². The molecule has 0 unspecified atom stereocenters. The molecule has 1 heterocycles. The minimum Gasteiger partial charge on any atom is -0.341 e. The molecule has 0 aromatic carbocycles. The molecular weight excluding hydrogens is 308 g/mol. The van der Waals surface area contributed by atoms with Gasteiger partial charge in [-0.05, 0) is 29.3 Å². The van der Waals surface area contributed by atoms with Crippen LogP contribution in [0.15, 0.2) is 29.4 Å². The van der Waals surface area contributed by atoms with Gasteiger partial charge < -0.3 is 4.84 Å². The van der Waals surface area contributed by atoms with Gasteiger partial charge in [-0.3, -0.25) is 4.79 Å². The first kappa shape index (κ1) is 17.8. The van der Waals surface area contributed by atoms with E-state index in [2.05, 4.69) is 17.4 Å². The third-order valence-corrected chi connectivity index (χ3v) is 4.72. The van der Waals surface area contributed by atoms with Crippen LogP contribution in [0, 0.1) is 0 Å². The Balaban J connectivity index is 2.02. The van der Waals surface area contributed by atoms with Gasteiger partial charge in [0.05, 0.1) is 0 Å². The summed E-state index contributed by atoms with van der Waals surface area (Å²) in [7, 11) is 3.06. The van der Waals surface area contributed by atoms with Crippen molar-refractivity contribution in [3.63, 3.8) is 0 Å². The van der Waals surface area contributed by atoms with Gasteiger partial charge in [-0.25, -0.2) is 9.78 Å². The van der Waals surface area contributed by atoms with Crippen LogP contribution in [0.1, 0.15) is 39.0 Å². The maximum atomic E-state index is 11.5. The number of hydroxylamine groups is 1. The second kappa shape index (κ2) is 11.4. The largest absolute Gasteiger partial charge is 0.341 e. The van der Waals surface area contributed by atoms with Crippen LogP contribution in [0.5, 0.6) is 0 Å². The normalized spacial score (nSPS) is 10.1. The van der Waals surface area contributed by atoms with E-state index in [1.807, 2.05) is 18.2 Å². The monoisotopic (exact) mass is 328 g/mol. The first-order chi connectivity index (χ1) is 10.2. The van der Waals surface area contributed by atoms with E-state index < -0.39 is 0 Å². The number of nitrogens with zero attached hydrogens (tertiary/aromatic N) is 1. The summed E-state index contributed by atoms with van der Waals surface area (Å²) >= 11 is 0. The zero-order valence-electron chi connectivity index (χ0n) is 12.0. The van der Waals surface area contributed by atoms with Crippen molar-refractivity contribution >= 4 is 33.5 Å². The first-order valence-electron chi connectivity index (χ1n) is 6.91. The maximum Gasteiger partial charge on any atom is 0.332 e. The third kappa shape index (κ3) is 9.36. The average molecular weight is 328 g/mol. The second-order valence-corrected chi connectivity index (χ2v) is 6.72. The van der Waals surface area contributed by atoms with Crippen LogP contribution in [0.25, 0.3) is 0 Å². The summed E-state index contributed by atoms with van der Waals surface area (Å²) in [6.07, 6.45) is 5.20. The third-order valence-electron chi connectivity index (χ3n) is 2.46. The standard InChI is InChI=1S/C14H20N2O3S2/c1-2-3-4-8-14(18)19-16-12(17)9-11-20-21-13-7-5-6-10-15-13/h5-7,10H,2-4,8-9,11H2,1H3,(H,16,17). The molecular formula is C14H20N2O3S2. The number of rotatable bonds is 9. The summed E-state index contributed by atoms with van der Waals surface area (Å²) < 4.78 is 0. The second-order valence-electron chi connectivity index (χ2n) is 4.28. The van der Waals surface area contributed by atoms with Gasteiger partial charge in [-0.2, -0.15) is 5.48 Å². The molecule has 0 aliphatic heterocycles. The van der Waals surface area contributed by atoms with E-state index in [1.165, 1.54) is 21.6 Å². The number of carbonyl (C=O) groups is 2. The van der Waals surface area contributed by atoms with Gasteiger partial charge in [-0.1, -0.05) is 36.6 Å². The Labute approximate surface area is 133 Å². The van der Waals surface area contributed by atoms with Gasteiger partial charge in [0.2, 0.25) is 0 Å². The van der Waals surface area contributed by atoms with Gasteiger partial charge >= 0.3 is 5.97 Å². The quantitative estimate of drug-likeness (QED) is 0.426. The molecule has 1 rings (SSSR count). The van der Waals surface area contributed by atoms with E-state index >= 15 is 0 Å². The fraction of sp³-hybridized carbons (Fsp3) is 0.500. The summed E-state index contributed by atoms with van der Waals surface area (Å²) in [5, 5.41) is 0.908. The molecule has 0 atom stereocenters. The van der Waals surface area contributed by atoms with Crippen LogP contribution < -0.4 is 5.48 Å². The van der Waals surface area contributed by atoms with Crippen molar-refractivity contribution in [3.8, 4) is 0 Å². The zero-order chi connectivity index (χ0) is 15.3. The Morgan fingerprint density at radius 3 is 2.86 bits per heavy atom. The molecule has 21 heavy (non-hydrogen) atoms. The summed E-state index contributed by atoms with van der Waals surface area (Å²) in [5.41, 5.74) is 2.18. The molecule has 0 aliphatic rings. The van der Waals surface area contributed by atoms with Crippen LogP contribution in [0.2, 0.25) is 0 Å². The lowest BCUT2D eigenvalue weighted by atomic mass is 10.2. The van der Waals surface area contributed by atoms with E-state index in [0.717, 1.165) is 24.3 Å². The van der Waals surface area contributed by atoms with E-state index in [-0.39, 0.29) is 11.9 Å². The predicted molar refractivity (Wildman–Crippen MR) is 85.5 cm³/mol. The molecule has 0 saturated heterocycles. The number of nitrogens with one attached hydrogen (secondary N) is 1. The predicted octanol–water partition coefficient (Wildman–Crippen LogP) is 3.37. The van der Waals surface area contributed by atoms with Gasteiger partial charge in [0.25, 0.3) is 5.91 Å². The molecule has 0 fully saturated rings. The minimum absolute atomic E-state index is 0.284. The van der Waals surface area contributed by atoms with Gasteiger partial charge in [0.1, 0.15) is 5.03 Å². The van der Waals surface area contributed by atoms with E-state index in [0.29, 0.717) is 18.6 Å². The highest BCUT2D eigenvalue weighted by molar-refractivity contribution is 8.76. The molecule has 5 nitrogen and oxygen atoms in total. The van der Waals surface area contributed by atoms with Crippen molar-refractivity contribution in [3.05, 3.63) is 24.4 Å². The fourth-order valence-electron chi connectivity index (χ4n) is 1.37. The van der Waals surface area contributed by atoms with E-state index in [4.69, 9.17) is 4.84 Å². The Morgan fingerprint density at radius 2 is 2.14 bits per heavy atom. The average Bonchev–Trinajstić information content (AvgIpc) is 2.51. The van der Waals surface area contributed by atoms with E-state index in [1.54, 1.807) is 6.20 Å². The summed E-state index contributed by atoms with van der Waals surface area (Å²) in [6, 6.07) is 5.69. The maximum absolute atomic E-state index is 11.5. The van der Waals surface area contributed by atoms with Crippen molar-refractivity contribution in [1.82, 2.24) is 10.5 Å². The van der Waals surface area contributed by atoms with Crippen molar-refractivity contribution in [1.29, 1.82) is 0 Å². The Morgan fingerprint density at radius 1 is 1.29 bits per heavy atom. The fourth-order valence-corrected chi connectivity index (χ4v) is 3.24. The Hall–Kier alpha value is -1.21. The molecule has 0 aliphatic carbocycles. The van der Waals surface area contributed by atoms with Crippen LogP contribution in [-0.4, -0.2) is 22.6 Å². The molecule has 0 radical (unpaired) electrons. The smallest absolute Gasteiger partial charge is 0.332 e. The number of hydrogen-bond acceptors (Lipinski definition) is 6. The zero-order valence-corrected chi connectivity index (χ0v) is 13.7. The highest BCUT2D eigenvalue weighted by Crippen LogP contribution is 2.29. The lowest BCUT2D eigenvalue weighted by Gasteiger charge is -2.05. The summed E-state index contributed by atoms with van der Waals surface area (Å²) in [4.78, 5) is 31.6. The lowest BCUT2D eigenvalue weighted by Crippen LogP contribution is -2.27. The van der Waals surface area contributed by atoms with Crippen LogP contribution in [-0.2, 0) is 14.4 Å². The van der Waals surface area contributed by atoms with Crippen molar-refractivity contribution < 1.29 is 14.4 Å². The molecule has 0 saturated carbocycles. The molecule has 1 N–H and O–H groups in total. The molecule has 7 heteroatoms. The SMILES string of the molecule is CCCCCC(=O)ONC(=O)CCSSc1ccccn1. The highest BCUT2D eigenvalue weighted by Gasteiger charge is 2.07. The number of amides is 1. The molecule has 1 amide bonds. The van der Waals surface area contributed by atoms with E-state index in [9.17, 15) is 9.59 Å². The first-order valence-corrected chi connectivity index (χ1v) is 9.23. The number of carbonyl (C=O) groups excluding carboxylic acids is 2. The minimum atomic E-state index is -0.382. The van der Waals surface area contributed by atoms with Crippen molar-refractivity contribution in [2.75, 3.05) is 5.75 Å². The van der Waals surface area contributed by atoms with Crippen LogP contribution >= 0.6 is 21.6 Å². The number of unbranched alkanes of at least 4 members (excludes halogenated alkanes) is 2. The van der Waals surface area contributed by atoms with Gasteiger partial charge in [0.15, 0.2) is 0 Å². The number of pyridine rings is 1. The molecule has 116 valence electrons. The molecule has 1 aromatic rings. The lowest BCUT2D eigenvalue weighted by molar-refractivity contribution is -0.158. The van der Waals surface area contributed by atoms with Crippen LogP contribution in [0.3, 0.4) is 0 Å². The molecule has 1 aromatic heterocycles. The number of hydrogen-bond donors (Lipinski definition) is 1. The Bertz CT molecular complexity index is 429. The topological polar surface area (TPSA) is 68.3 Å². The van der Waals surface area contributed by atoms with Gasteiger partial charge in [0, 0.05) is 24.8 Å². The number of aromatic nitrogens is 1. The van der Waals surface area contributed by atoms with Crippen LogP contribution in [0.4, 0.5) is 0 Å². The molecule has 0 bridgehead atoms. The highest BCUT2D eigenvalue weighted by atomic mass is 33.1. The summed E-state index contributed by atoms with van der Waals surface area (Å²) in [5.74, 6) is -0.0410. The molecule has 0 spiro atoms.